The van der Waals surface area contributed by atoms with Gasteiger partial charge in [0, 0.05) is 43.9 Å². The van der Waals surface area contributed by atoms with Crippen molar-refractivity contribution in [2.45, 2.75) is 64.3 Å². The summed E-state index contributed by atoms with van der Waals surface area (Å²) < 4.78 is 33.1. The van der Waals surface area contributed by atoms with Crippen molar-refractivity contribution in [2.24, 2.45) is 5.92 Å². The zero-order valence-corrected chi connectivity index (χ0v) is 23.1. The van der Waals surface area contributed by atoms with Crippen molar-refractivity contribution in [1.82, 2.24) is 9.62 Å². The fourth-order valence-electron chi connectivity index (χ4n) is 4.70. The van der Waals surface area contributed by atoms with E-state index < -0.39 is 15.9 Å². The van der Waals surface area contributed by atoms with Crippen LogP contribution in [0.1, 0.15) is 68.8 Å². The van der Waals surface area contributed by atoms with Crippen LogP contribution in [0.5, 0.6) is 5.75 Å². The molecule has 0 aromatic heterocycles. The maximum Gasteiger partial charge on any atom is 0.265 e. The number of anilines is 1. The van der Waals surface area contributed by atoms with Crippen LogP contribution >= 0.6 is 0 Å². The Morgan fingerprint density at radius 3 is 2.38 bits per heavy atom. The van der Waals surface area contributed by atoms with Crippen LogP contribution in [0.3, 0.4) is 0 Å². The molecule has 0 aliphatic carbocycles. The molecule has 1 heterocycles. The summed E-state index contributed by atoms with van der Waals surface area (Å²) in [6, 6.07) is 11.0. The molecule has 1 aliphatic rings. The van der Waals surface area contributed by atoms with Crippen LogP contribution in [-0.4, -0.2) is 51.9 Å². The quantitative estimate of drug-likeness (QED) is 0.588. The Hall–Kier alpha value is -2.91. The molecular weight excluding hydrogens is 490 g/mol. The molecule has 0 saturated heterocycles. The number of amides is 2. The standard InChI is InChI=1S/C28H39N3O5S/c1-21(2)19-30-15-8-6-5-7-9-16-31(22(3)32)27-14-13-23(17-24(27)20-30)28(33)29-37(34,35)26-12-10-11-25(18-26)36-4/h10-14,17-18,21H,5-9,15-16,19-20H2,1-4H3,(H,29,33). The molecule has 0 atom stereocenters. The topological polar surface area (TPSA) is 96.0 Å². The maximum atomic E-state index is 13.1. The molecule has 37 heavy (non-hydrogen) atoms. The molecule has 2 aromatic carbocycles. The molecule has 8 nitrogen and oxygen atoms in total. The second kappa shape index (κ2) is 13.1. The van der Waals surface area contributed by atoms with Gasteiger partial charge < -0.3 is 9.64 Å². The van der Waals surface area contributed by atoms with E-state index in [-0.39, 0.29) is 16.4 Å². The summed E-state index contributed by atoms with van der Waals surface area (Å²) in [6.45, 7) is 8.91. The Balaban J connectivity index is 1.96. The van der Waals surface area contributed by atoms with E-state index in [4.69, 9.17) is 4.74 Å². The van der Waals surface area contributed by atoms with Gasteiger partial charge in [-0.1, -0.05) is 39.2 Å². The first kappa shape index (κ1) is 28.7. The number of nitrogens with one attached hydrogen (secondary N) is 1. The maximum absolute atomic E-state index is 13.1. The Bertz CT molecular complexity index is 1200. The van der Waals surface area contributed by atoms with Crippen molar-refractivity contribution in [2.75, 3.05) is 31.6 Å². The number of nitrogens with zero attached hydrogens (tertiary/aromatic N) is 2. The van der Waals surface area contributed by atoms with Crippen molar-refractivity contribution in [3.63, 3.8) is 0 Å². The molecule has 202 valence electrons. The second-order valence-electron chi connectivity index (χ2n) is 10.0. The van der Waals surface area contributed by atoms with Gasteiger partial charge in [0.05, 0.1) is 12.0 Å². The zero-order chi connectivity index (χ0) is 27.0. The first-order chi connectivity index (χ1) is 17.6. The highest BCUT2D eigenvalue weighted by Crippen LogP contribution is 2.27. The van der Waals surface area contributed by atoms with Gasteiger partial charge in [-0.05, 0) is 61.2 Å². The smallest absolute Gasteiger partial charge is 0.265 e. The third-order valence-electron chi connectivity index (χ3n) is 6.46. The van der Waals surface area contributed by atoms with Crippen LogP contribution in [0.15, 0.2) is 47.4 Å². The molecule has 0 fully saturated rings. The number of fused-ring (bicyclic) bond motifs is 1. The van der Waals surface area contributed by atoms with E-state index in [1.54, 1.807) is 42.2 Å². The Labute approximate surface area is 221 Å². The van der Waals surface area contributed by atoms with Crippen molar-refractivity contribution in [3.05, 3.63) is 53.6 Å². The first-order valence-corrected chi connectivity index (χ1v) is 14.4. The molecule has 0 unspecified atom stereocenters. The fraction of sp³-hybridized carbons (Fsp3) is 0.500. The number of benzene rings is 2. The molecule has 9 heteroatoms. The number of rotatable bonds is 6. The summed E-state index contributed by atoms with van der Waals surface area (Å²) in [5, 5.41) is 0. The molecule has 0 saturated carbocycles. The second-order valence-corrected chi connectivity index (χ2v) is 11.7. The van der Waals surface area contributed by atoms with E-state index in [1.807, 2.05) is 0 Å². The van der Waals surface area contributed by atoms with Crippen LogP contribution in [0.2, 0.25) is 0 Å². The van der Waals surface area contributed by atoms with Gasteiger partial charge in [0.25, 0.3) is 15.9 Å². The lowest BCUT2D eigenvalue weighted by Crippen LogP contribution is -2.34. The summed E-state index contributed by atoms with van der Waals surface area (Å²) in [5.41, 5.74) is 1.84. The normalized spacial score (nSPS) is 15.9. The van der Waals surface area contributed by atoms with E-state index in [0.717, 1.165) is 56.4 Å². The summed E-state index contributed by atoms with van der Waals surface area (Å²) in [5.74, 6) is 0.0671. The summed E-state index contributed by atoms with van der Waals surface area (Å²) in [7, 11) is -2.65. The van der Waals surface area contributed by atoms with Gasteiger partial charge in [0.15, 0.2) is 0 Å². The third-order valence-corrected chi connectivity index (χ3v) is 7.79. The van der Waals surface area contributed by atoms with Crippen LogP contribution < -0.4 is 14.4 Å². The number of methoxy groups -OCH3 is 1. The molecule has 3 rings (SSSR count). The molecule has 0 radical (unpaired) electrons. The van der Waals surface area contributed by atoms with Crippen molar-refractivity contribution in [3.8, 4) is 5.75 Å². The van der Waals surface area contributed by atoms with Crippen LogP contribution in [0.4, 0.5) is 5.69 Å². The number of carbonyl (C=O) groups is 2. The highest BCUT2D eigenvalue weighted by atomic mass is 32.2. The lowest BCUT2D eigenvalue weighted by molar-refractivity contribution is -0.116. The van der Waals surface area contributed by atoms with Crippen LogP contribution in [0.25, 0.3) is 0 Å². The van der Waals surface area contributed by atoms with E-state index in [1.165, 1.54) is 19.2 Å². The number of hydrogen-bond donors (Lipinski definition) is 1. The Kier molecular flexibility index (Phi) is 10.1. The minimum Gasteiger partial charge on any atom is -0.497 e. The molecule has 1 aliphatic heterocycles. The monoisotopic (exact) mass is 529 g/mol. The summed E-state index contributed by atoms with van der Waals surface area (Å²) >= 11 is 0. The average Bonchev–Trinajstić information content (AvgIpc) is 2.84. The van der Waals surface area contributed by atoms with Crippen molar-refractivity contribution in [1.29, 1.82) is 0 Å². The van der Waals surface area contributed by atoms with Crippen molar-refractivity contribution >= 4 is 27.5 Å². The van der Waals surface area contributed by atoms with E-state index in [9.17, 15) is 18.0 Å². The number of sulfonamides is 1. The highest BCUT2D eigenvalue weighted by molar-refractivity contribution is 7.90. The van der Waals surface area contributed by atoms with Crippen molar-refractivity contribution < 1.29 is 22.7 Å². The fourth-order valence-corrected chi connectivity index (χ4v) is 5.71. The van der Waals surface area contributed by atoms with E-state index >= 15 is 0 Å². The van der Waals surface area contributed by atoms with Gasteiger partial charge in [-0.2, -0.15) is 0 Å². The minimum atomic E-state index is -4.10. The van der Waals surface area contributed by atoms with E-state index in [0.29, 0.717) is 24.8 Å². The van der Waals surface area contributed by atoms with E-state index in [2.05, 4.69) is 23.5 Å². The zero-order valence-electron chi connectivity index (χ0n) is 22.3. The molecule has 2 amide bonds. The molecule has 2 aromatic rings. The Morgan fingerprint density at radius 2 is 1.70 bits per heavy atom. The molecule has 0 bridgehead atoms. The van der Waals surface area contributed by atoms with Crippen LogP contribution in [0, 0.1) is 5.92 Å². The van der Waals surface area contributed by atoms with Gasteiger partial charge in [0.2, 0.25) is 5.91 Å². The third kappa shape index (κ3) is 8.04. The minimum absolute atomic E-state index is 0.0495. The predicted octanol–water partition coefficient (Wildman–Crippen LogP) is 4.59. The highest BCUT2D eigenvalue weighted by Gasteiger charge is 2.23. The summed E-state index contributed by atoms with van der Waals surface area (Å²) in [4.78, 5) is 29.8. The lowest BCUT2D eigenvalue weighted by Gasteiger charge is -2.30. The largest absolute Gasteiger partial charge is 0.497 e. The molecular formula is C28H39N3O5S. The van der Waals surface area contributed by atoms with Gasteiger partial charge in [-0.15, -0.1) is 0 Å². The lowest BCUT2D eigenvalue weighted by atomic mass is 10.0. The SMILES string of the molecule is COc1cccc(S(=O)(=O)NC(=O)c2ccc3c(c2)CN(CC(C)C)CCCCCCCN3C(C)=O)c1. The van der Waals surface area contributed by atoms with Gasteiger partial charge in [-0.25, -0.2) is 13.1 Å². The van der Waals surface area contributed by atoms with Crippen LogP contribution in [-0.2, 0) is 21.4 Å². The average molecular weight is 530 g/mol. The Morgan fingerprint density at radius 1 is 1.00 bits per heavy atom. The molecule has 1 N–H and O–H groups in total. The molecule has 0 spiro atoms. The van der Waals surface area contributed by atoms with Gasteiger partial charge in [0.1, 0.15) is 5.75 Å². The predicted molar refractivity (Wildman–Crippen MR) is 145 cm³/mol. The first-order valence-electron chi connectivity index (χ1n) is 13.0. The van der Waals surface area contributed by atoms with Gasteiger partial charge >= 0.3 is 0 Å². The number of ether oxygens (including phenoxy) is 1. The number of hydrogen-bond acceptors (Lipinski definition) is 6. The van der Waals surface area contributed by atoms with Gasteiger partial charge in [-0.3, -0.25) is 14.5 Å². The summed E-state index contributed by atoms with van der Waals surface area (Å²) in [6.07, 6.45) is 5.36. The number of carbonyl (C=O) groups excluding carboxylic acids is 2.